The highest BCUT2D eigenvalue weighted by Gasteiger charge is 2.17. The van der Waals surface area contributed by atoms with E-state index in [1.54, 1.807) is 6.92 Å². The quantitative estimate of drug-likeness (QED) is 0.720. The Kier molecular flexibility index (Phi) is 6.94. The third kappa shape index (κ3) is 5.67. The molecule has 7 heteroatoms. The Hall–Kier alpha value is -0.330. The average molecular weight is 271 g/mol. The molecular weight excluding hydrogens is 252 g/mol. The summed E-state index contributed by atoms with van der Waals surface area (Å²) in [6.07, 6.45) is 2.16. The first-order chi connectivity index (χ1) is 7.03. The summed E-state index contributed by atoms with van der Waals surface area (Å²) in [6.45, 7) is 3.05. The number of hydrogen-bond donors (Lipinski definition) is 2. The van der Waals surface area contributed by atoms with Crippen molar-refractivity contribution < 1.29 is 13.2 Å². The van der Waals surface area contributed by atoms with Crippen molar-refractivity contribution in [2.75, 3.05) is 24.6 Å². The molecule has 1 fully saturated rings. The number of rotatable bonds is 5. The topological polar surface area (TPSA) is 75.3 Å². The fraction of sp³-hybridized carbons (Fsp3) is 0.889. The van der Waals surface area contributed by atoms with Crippen LogP contribution in [0.15, 0.2) is 0 Å². The minimum atomic E-state index is -3.20. The first-order valence-corrected chi connectivity index (χ1v) is 7.06. The van der Waals surface area contributed by atoms with Crippen molar-refractivity contribution in [1.82, 2.24) is 10.6 Å². The smallest absolute Gasteiger partial charge is 0.235 e. The molecule has 1 amide bonds. The van der Waals surface area contributed by atoms with Gasteiger partial charge in [0.05, 0.1) is 0 Å². The van der Waals surface area contributed by atoms with Crippen molar-refractivity contribution in [3.8, 4) is 0 Å². The Morgan fingerprint density at radius 2 is 2.19 bits per heavy atom. The van der Waals surface area contributed by atoms with E-state index in [-0.39, 0.29) is 18.2 Å². The fourth-order valence-electron chi connectivity index (χ4n) is 1.52. The summed E-state index contributed by atoms with van der Waals surface area (Å²) in [5.41, 5.74) is 0. The van der Waals surface area contributed by atoms with E-state index < -0.39 is 21.5 Å². The van der Waals surface area contributed by atoms with Gasteiger partial charge in [0.1, 0.15) is 5.75 Å². The van der Waals surface area contributed by atoms with Gasteiger partial charge in [-0.1, -0.05) is 6.92 Å². The summed E-state index contributed by atoms with van der Waals surface area (Å²) in [4.78, 5) is 11.3. The zero-order valence-corrected chi connectivity index (χ0v) is 11.0. The second kappa shape index (κ2) is 7.09. The average Bonchev–Trinajstić information content (AvgIpc) is 2.66. The highest BCUT2D eigenvalue weighted by Crippen LogP contribution is 2.02. The molecule has 96 valence electrons. The van der Waals surface area contributed by atoms with Crippen molar-refractivity contribution in [2.45, 2.75) is 25.8 Å². The third-order valence-corrected chi connectivity index (χ3v) is 4.08. The first-order valence-electron chi connectivity index (χ1n) is 5.24. The Morgan fingerprint density at radius 1 is 1.50 bits per heavy atom. The molecule has 1 aliphatic heterocycles. The van der Waals surface area contributed by atoms with Crippen LogP contribution < -0.4 is 10.6 Å². The molecule has 1 aliphatic rings. The molecule has 1 saturated heterocycles. The number of sulfone groups is 1. The van der Waals surface area contributed by atoms with Gasteiger partial charge in [0.2, 0.25) is 5.91 Å². The van der Waals surface area contributed by atoms with Crippen LogP contribution in [0.4, 0.5) is 0 Å². The number of halogens is 1. The van der Waals surface area contributed by atoms with Gasteiger partial charge in [0.25, 0.3) is 0 Å². The van der Waals surface area contributed by atoms with Crippen LogP contribution in [0.1, 0.15) is 19.8 Å². The van der Waals surface area contributed by atoms with E-state index in [4.69, 9.17) is 0 Å². The molecule has 0 saturated carbocycles. The molecule has 1 heterocycles. The van der Waals surface area contributed by atoms with Crippen LogP contribution in [0.25, 0.3) is 0 Å². The van der Waals surface area contributed by atoms with Crippen molar-refractivity contribution in [3.63, 3.8) is 0 Å². The predicted molar refractivity (Wildman–Crippen MR) is 65.6 cm³/mol. The molecule has 1 rings (SSSR count). The first kappa shape index (κ1) is 15.7. The number of amides is 1. The zero-order valence-electron chi connectivity index (χ0n) is 9.36. The summed E-state index contributed by atoms with van der Waals surface area (Å²) < 4.78 is 22.3. The summed E-state index contributed by atoms with van der Waals surface area (Å²) in [5, 5.41) is 5.86. The van der Waals surface area contributed by atoms with Gasteiger partial charge in [-0.3, -0.25) is 4.79 Å². The van der Waals surface area contributed by atoms with E-state index in [0.717, 1.165) is 19.4 Å². The van der Waals surface area contributed by atoms with Crippen LogP contribution in [0, 0.1) is 0 Å². The van der Waals surface area contributed by atoms with Gasteiger partial charge in [-0.15, -0.1) is 12.4 Å². The van der Waals surface area contributed by atoms with E-state index >= 15 is 0 Å². The lowest BCUT2D eigenvalue weighted by molar-refractivity contribution is -0.118. The van der Waals surface area contributed by atoms with Crippen LogP contribution in [0.2, 0.25) is 0 Å². The normalized spacial score (nSPS) is 20.2. The maximum atomic E-state index is 11.3. The van der Waals surface area contributed by atoms with E-state index in [9.17, 15) is 13.2 Å². The highest BCUT2D eigenvalue weighted by molar-refractivity contribution is 7.92. The van der Waals surface area contributed by atoms with E-state index in [2.05, 4.69) is 10.6 Å². The zero-order chi connectivity index (χ0) is 11.3. The molecule has 2 N–H and O–H groups in total. The Morgan fingerprint density at radius 3 is 2.69 bits per heavy atom. The van der Waals surface area contributed by atoms with Crippen LogP contribution in [-0.4, -0.2) is 45.0 Å². The van der Waals surface area contributed by atoms with Crippen molar-refractivity contribution in [1.29, 1.82) is 0 Å². The number of hydrogen-bond acceptors (Lipinski definition) is 4. The second-order valence-electron chi connectivity index (χ2n) is 3.77. The van der Waals surface area contributed by atoms with Crippen LogP contribution in [-0.2, 0) is 14.6 Å². The van der Waals surface area contributed by atoms with Crippen LogP contribution >= 0.6 is 12.4 Å². The summed E-state index contributed by atoms with van der Waals surface area (Å²) in [6, 6.07) is 0.304. The number of carbonyl (C=O) groups excluding carboxylic acids is 1. The van der Waals surface area contributed by atoms with Crippen molar-refractivity contribution in [2.24, 2.45) is 0 Å². The second-order valence-corrected chi connectivity index (χ2v) is 6.13. The van der Waals surface area contributed by atoms with Gasteiger partial charge < -0.3 is 10.6 Å². The van der Waals surface area contributed by atoms with Gasteiger partial charge in [0.15, 0.2) is 9.84 Å². The lowest BCUT2D eigenvalue weighted by Gasteiger charge is -2.11. The van der Waals surface area contributed by atoms with Gasteiger partial charge in [-0.25, -0.2) is 8.42 Å². The molecule has 0 aromatic carbocycles. The van der Waals surface area contributed by atoms with Gasteiger partial charge in [0, 0.05) is 18.3 Å². The minimum absolute atomic E-state index is 0. The Labute approximate surface area is 103 Å². The molecule has 0 bridgehead atoms. The van der Waals surface area contributed by atoms with E-state index in [1.165, 1.54) is 0 Å². The predicted octanol–water partition coefficient (Wildman–Crippen LogP) is -0.289. The number of carbonyl (C=O) groups is 1. The lowest BCUT2D eigenvalue weighted by atomic mass is 10.2. The Balaban J connectivity index is 0.00000225. The molecule has 0 aromatic rings. The van der Waals surface area contributed by atoms with Gasteiger partial charge in [-0.2, -0.15) is 0 Å². The van der Waals surface area contributed by atoms with Crippen LogP contribution in [0.3, 0.4) is 0 Å². The molecule has 0 radical (unpaired) electrons. The minimum Gasteiger partial charge on any atom is -0.354 e. The number of nitrogens with one attached hydrogen (secondary N) is 2. The lowest BCUT2D eigenvalue weighted by Crippen LogP contribution is -2.39. The van der Waals surface area contributed by atoms with E-state index in [1.807, 2.05) is 0 Å². The fourth-order valence-corrected chi connectivity index (χ4v) is 2.23. The summed E-state index contributed by atoms with van der Waals surface area (Å²) in [7, 11) is -3.20. The van der Waals surface area contributed by atoms with Crippen molar-refractivity contribution >= 4 is 28.2 Å². The maximum Gasteiger partial charge on any atom is 0.235 e. The molecule has 0 aliphatic carbocycles. The largest absolute Gasteiger partial charge is 0.354 e. The molecule has 0 aromatic heterocycles. The van der Waals surface area contributed by atoms with Gasteiger partial charge in [-0.05, 0) is 19.4 Å². The van der Waals surface area contributed by atoms with Crippen molar-refractivity contribution in [3.05, 3.63) is 0 Å². The molecular formula is C9H19ClN2O3S. The highest BCUT2D eigenvalue weighted by atomic mass is 35.5. The summed E-state index contributed by atoms with van der Waals surface area (Å²) in [5.74, 6) is -0.774. The molecule has 5 nitrogen and oxygen atoms in total. The standard InChI is InChI=1S/C9H18N2O3S.ClH/c1-2-15(13,14)7-9(12)11-6-8-4-3-5-10-8;/h8,10H,2-7H2,1H3,(H,11,12);1H. The Bertz CT molecular complexity index is 313. The molecule has 16 heavy (non-hydrogen) atoms. The molecule has 0 spiro atoms. The van der Waals surface area contributed by atoms with E-state index in [0.29, 0.717) is 12.6 Å². The summed E-state index contributed by atoms with van der Waals surface area (Å²) >= 11 is 0. The molecule has 1 unspecified atom stereocenters. The third-order valence-electron chi connectivity index (χ3n) is 2.50. The van der Waals surface area contributed by atoms with Crippen LogP contribution in [0.5, 0.6) is 0 Å². The van der Waals surface area contributed by atoms with Gasteiger partial charge >= 0.3 is 0 Å². The maximum absolute atomic E-state index is 11.3. The SMILES string of the molecule is CCS(=O)(=O)CC(=O)NCC1CCCN1.Cl. The molecule has 1 atom stereocenters. The monoisotopic (exact) mass is 270 g/mol.